The Bertz CT molecular complexity index is 759. The van der Waals surface area contributed by atoms with Crippen LogP contribution in [0.4, 0.5) is 16.2 Å². The monoisotopic (exact) mass is 334 g/mol. The van der Waals surface area contributed by atoms with E-state index in [1.54, 1.807) is 56.6 Å². The lowest BCUT2D eigenvalue weighted by molar-refractivity contribution is 0.219. The van der Waals surface area contributed by atoms with Gasteiger partial charge < -0.3 is 4.90 Å². The van der Waals surface area contributed by atoms with Crippen LogP contribution in [0.1, 0.15) is 0 Å². The second kappa shape index (κ2) is 7.01. The van der Waals surface area contributed by atoms with E-state index in [-0.39, 0.29) is 10.9 Å². The topological polar surface area (TPSA) is 90.5 Å². The number of carbonyl (C=O) groups excluding carboxylic acids is 1. The van der Waals surface area contributed by atoms with E-state index in [9.17, 15) is 13.2 Å². The summed E-state index contributed by atoms with van der Waals surface area (Å²) in [6.07, 6.45) is 0. The number of anilines is 2. The van der Waals surface area contributed by atoms with Gasteiger partial charge in [0.05, 0.1) is 10.6 Å². The first kappa shape index (κ1) is 16.6. The predicted molar refractivity (Wildman–Crippen MR) is 89.5 cm³/mol. The largest absolute Gasteiger partial charge is 0.335 e. The molecule has 0 saturated heterocycles. The van der Waals surface area contributed by atoms with Crippen LogP contribution >= 0.6 is 0 Å². The molecule has 3 N–H and O–H groups in total. The van der Waals surface area contributed by atoms with Crippen molar-refractivity contribution in [2.45, 2.75) is 4.90 Å². The minimum absolute atomic E-state index is 0.195. The second-order valence-electron chi connectivity index (χ2n) is 4.95. The molecule has 0 heterocycles. The minimum Gasteiger partial charge on any atom is -0.330 e. The maximum absolute atomic E-state index is 12.2. The van der Waals surface area contributed by atoms with Crippen LogP contribution in [-0.4, -0.2) is 33.4 Å². The van der Waals surface area contributed by atoms with Crippen molar-refractivity contribution in [1.29, 1.82) is 0 Å². The van der Waals surface area contributed by atoms with Gasteiger partial charge in [-0.15, -0.1) is 0 Å². The number of nitrogens with one attached hydrogen (secondary N) is 3. The number of sulfonamides is 1. The van der Waals surface area contributed by atoms with E-state index in [2.05, 4.69) is 15.6 Å². The smallest absolute Gasteiger partial charge is 0.330 e. The van der Waals surface area contributed by atoms with Gasteiger partial charge in [0.15, 0.2) is 0 Å². The first-order chi connectivity index (χ1) is 10.9. The molecule has 2 rings (SSSR count). The number of hydrogen-bond donors (Lipinski definition) is 3. The third-order valence-corrected chi connectivity index (χ3v) is 4.31. The highest BCUT2D eigenvalue weighted by molar-refractivity contribution is 7.92. The van der Waals surface area contributed by atoms with Gasteiger partial charge in [-0.05, 0) is 36.4 Å². The summed E-state index contributed by atoms with van der Waals surface area (Å²) in [6.45, 7) is 0. The highest BCUT2D eigenvalue weighted by atomic mass is 32.2. The Morgan fingerprint density at radius 3 is 2.04 bits per heavy atom. The van der Waals surface area contributed by atoms with Crippen molar-refractivity contribution in [1.82, 2.24) is 10.3 Å². The standard InChI is InChI=1S/C15H18N4O3S/c1-19(2)15(20)17-16-12-8-10-13(11-9-12)18-23(21,22)14-6-4-3-5-7-14/h3-11,16,18H,1-2H3,(H,17,20). The summed E-state index contributed by atoms with van der Waals surface area (Å²) in [4.78, 5) is 13.0. The number of rotatable bonds is 5. The molecule has 0 fully saturated rings. The molecule has 23 heavy (non-hydrogen) atoms. The Balaban J connectivity index is 2.02. The van der Waals surface area contributed by atoms with Crippen LogP contribution in [0.3, 0.4) is 0 Å². The summed E-state index contributed by atoms with van der Waals surface area (Å²) in [5.74, 6) is 0. The van der Waals surface area contributed by atoms with Crippen LogP contribution in [-0.2, 0) is 10.0 Å². The molecule has 0 aromatic heterocycles. The van der Waals surface area contributed by atoms with E-state index >= 15 is 0 Å². The highest BCUT2D eigenvalue weighted by Gasteiger charge is 2.13. The van der Waals surface area contributed by atoms with Crippen molar-refractivity contribution in [2.75, 3.05) is 24.2 Å². The number of nitrogens with zero attached hydrogens (tertiary/aromatic N) is 1. The van der Waals surface area contributed by atoms with Gasteiger partial charge >= 0.3 is 6.03 Å². The van der Waals surface area contributed by atoms with Crippen LogP contribution in [0.15, 0.2) is 59.5 Å². The highest BCUT2D eigenvalue weighted by Crippen LogP contribution is 2.17. The van der Waals surface area contributed by atoms with Crippen LogP contribution in [0.25, 0.3) is 0 Å². The van der Waals surface area contributed by atoms with Gasteiger partial charge in [0.2, 0.25) is 0 Å². The molecule has 0 bridgehead atoms. The summed E-state index contributed by atoms with van der Waals surface area (Å²) in [7, 11) is -0.363. The fraction of sp³-hybridized carbons (Fsp3) is 0.133. The predicted octanol–water partition coefficient (Wildman–Crippen LogP) is 2.09. The van der Waals surface area contributed by atoms with Crippen molar-refractivity contribution >= 4 is 27.4 Å². The minimum atomic E-state index is -3.61. The lowest BCUT2D eigenvalue weighted by atomic mass is 10.3. The molecule has 8 heteroatoms. The number of urea groups is 1. The zero-order chi connectivity index (χ0) is 16.9. The SMILES string of the molecule is CN(C)C(=O)NNc1ccc(NS(=O)(=O)c2ccccc2)cc1. The molecule has 0 aliphatic rings. The summed E-state index contributed by atoms with van der Waals surface area (Å²) < 4.78 is 26.9. The number of benzene rings is 2. The molecule has 0 atom stereocenters. The molecular weight excluding hydrogens is 316 g/mol. The average molecular weight is 334 g/mol. The number of amides is 2. The van der Waals surface area contributed by atoms with Crippen molar-refractivity contribution in [3.8, 4) is 0 Å². The first-order valence-corrected chi connectivity index (χ1v) is 8.28. The van der Waals surface area contributed by atoms with Gasteiger partial charge in [-0.25, -0.2) is 13.2 Å². The lowest BCUT2D eigenvalue weighted by Gasteiger charge is -2.14. The van der Waals surface area contributed by atoms with Crippen LogP contribution in [0.5, 0.6) is 0 Å². The fourth-order valence-electron chi connectivity index (χ4n) is 1.67. The van der Waals surface area contributed by atoms with E-state index in [0.717, 1.165) is 0 Å². The van der Waals surface area contributed by atoms with E-state index in [1.165, 1.54) is 17.0 Å². The molecule has 122 valence electrons. The van der Waals surface area contributed by atoms with Crippen molar-refractivity contribution in [2.24, 2.45) is 0 Å². The van der Waals surface area contributed by atoms with Crippen LogP contribution in [0, 0.1) is 0 Å². The Kier molecular flexibility index (Phi) is 5.07. The van der Waals surface area contributed by atoms with Crippen molar-refractivity contribution in [3.63, 3.8) is 0 Å². The lowest BCUT2D eigenvalue weighted by Crippen LogP contribution is -2.38. The Morgan fingerprint density at radius 2 is 1.48 bits per heavy atom. The molecule has 2 aromatic rings. The van der Waals surface area contributed by atoms with E-state index < -0.39 is 10.0 Å². The van der Waals surface area contributed by atoms with Crippen molar-refractivity contribution in [3.05, 3.63) is 54.6 Å². The van der Waals surface area contributed by atoms with Gasteiger partial charge in [0, 0.05) is 19.8 Å². The molecule has 0 radical (unpaired) electrons. The quantitative estimate of drug-likeness (QED) is 0.730. The molecule has 0 aliphatic heterocycles. The third kappa shape index (κ3) is 4.62. The normalized spacial score (nSPS) is 10.7. The molecule has 2 aromatic carbocycles. The molecule has 7 nitrogen and oxygen atoms in total. The fourth-order valence-corrected chi connectivity index (χ4v) is 2.75. The van der Waals surface area contributed by atoms with E-state index in [1.807, 2.05) is 0 Å². The molecule has 2 amide bonds. The van der Waals surface area contributed by atoms with Gasteiger partial charge in [-0.3, -0.25) is 15.6 Å². The number of hydrogen-bond acceptors (Lipinski definition) is 4. The van der Waals surface area contributed by atoms with Gasteiger partial charge in [-0.2, -0.15) is 0 Å². The molecular formula is C15H18N4O3S. The van der Waals surface area contributed by atoms with Crippen LogP contribution in [0.2, 0.25) is 0 Å². The van der Waals surface area contributed by atoms with Gasteiger partial charge in [0.25, 0.3) is 10.0 Å². The second-order valence-corrected chi connectivity index (χ2v) is 6.63. The summed E-state index contributed by atoms with van der Waals surface area (Å²) in [5, 5.41) is 0. The zero-order valence-corrected chi connectivity index (χ0v) is 13.6. The maximum Gasteiger partial charge on any atom is 0.335 e. The number of carbonyl (C=O) groups is 1. The zero-order valence-electron chi connectivity index (χ0n) is 12.8. The summed E-state index contributed by atoms with van der Waals surface area (Å²) in [5.41, 5.74) is 6.28. The van der Waals surface area contributed by atoms with Gasteiger partial charge in [0.1, 0.15) is 0 Å². The molecule has 0 spiro atoms. The Morgan fingerprint density at radius 1 is 0.913 bits per heavy atom. The van der Waals surface area contributed by atoms with E-state index in [0.29, 0.717) is 11.4 Å². The maximum atomic E-state index is 12.2. The van der Waals surface area contributed by atoms with Crippen molar-refractivity contribution < 1.29 is 13.2 Å². The summed E-state index contributed by atoms with van der Waals surface area (Å²) >= 11 is 0. The summed E-state index contributed by atoms with van der Waals surface area (Å²) in [6, 6.07) is 14.3. The average Bonchev–Trinajstić information content (AvgIpc) is 2.54. The molecule has 0 saturated carbocycles. The first-order valence-electron chi connectivity index (χ1n) is 6.80. The molecule has 0 aliphatic carbocycles. The van der Waals surface area contributed by atoms with E-state index in [4.69, 9.17) is 0 Å². The third-order valence-electron chi connectivity index (χ3n) is 2.91. The van der Waals surface area contributed by atoms with Crippen LogP contribution < -0.4 is 15.6 Å². The number of hydrazine groups is 1. The molecule has 0 unspecified atom stereocenters. The Labute approximate surface area is 135 Å². The van der Waals surface area contributed by atoms with Gasteiger partial charge in [-0.1, -0.05) is 18.2 Å². The Hall–Kier alpha value is -2.74.